The standard InChI is InChI=1S/C15H19F2NO3/c16-12-2-1-10(7-13(12)17)8-18-9-15(21)5-3-11(4-6-15)14(19)20/h1-2,7,11,18,21H,3-6,8-9H2,(H,19,20). The van der Waals surface area contributed by atoms with E-state index in [4.69, 9.17) is 5.11 Å². The summed E-state index contributed by atoms with van der Waals surface area (Å²) in [5.41, 5.74) is -0.332. The highest BCUT2D eigenvalue weighted by Gasteiger charge is 2.35. The first-order valence-corrected chi connectivity index (χ1v) is 6.99. The van der Waals surface area contributed by atoms with Crippen LogP contribution in [-0.4, -0.2) is 28.3 Å². The highest BCUT2D eigenvalue weighted by Crippen LogP contribution is 2.31. The van der Waals surface area contributed by atoms with Crippen LogP contribution in [0.3, 0.4) is 0 Å². The monoisotopic (exact) mass is 299 g/mol. The molecule has 0 heterocycles. The van der Waals surface area contributed by atoms with Gasteiger partial charge in [0.25, 0.3) is 0 Å². The maximum atomic E-state index is 13.0. The summed E-state index contributed by atoms with van der Waals surface area (Å²) in [6.45, 7) is 0.625. The average Bonchev–Trinajstić information content (AvgIpc) is 2.43. The maximum absolute atomic E-state index is 13.0. The molecule has 2 rings (SSSR count). The average molecular weight is 299 g/mol. The fraction of sp³-hybridized carbons (Fsp3) is 0.533. The van der Waals surface area contributed by atoms with Crippen molar-refractivity contribution in [1.29, 1.82) is 0 Å². The van der Waals surface area contributed by atoms with E-state index in [1.165, 1.54) is 6.07 Å². The van der Waals surface area contributed by atoms with E-state index in [1.807, 2.05) is 0 Å². The summed E-state index contributed by atoms with van der Waals surface area (Å²) < 4.78 is 25.8. The molecule has 1 aromatic carbocycles. The van der Waals surface area contributed by atoms with Crippen LogP contribution in [-0.2, 0) is 11.3 Å². The second-order valence-electron chi connectivity index (χ2n) is 5.69. The minimum absolute atomic E-state index is 0.304. The molecule has 0 aliphatic heterocycles. The minimum atomic E-state index is -0.926. The summed E-state index contributed by atoms with van der Waals surface area (Å²) in [6, 6.07) is 3.67. The van der Waals surface area contributed by atoms with E-state index in [9.17, 15) is 18.7 Å². The summed E-state index contributed by atoms with van der Waals surface area (Å²) >= 11 is 0. The lowest BCUT2D eigenvalue weighted by molar-refractivity contribution is -0.144. The normalized spacial score (nSPS) is 25.8. The zero-order valence-electron chi connectivity index (χ0n) is 11.6. The van der Waals surface area contributed by atoms with Gasteiger partial charge in [0.05, 0.1) is 11.5 Å². The van der Waals surface area contributed by atoms with Crippen molar-refractivity contribution in [3.05, 3.63) is 35.4 Å². The Morgan fingerprint density at radius 2 is 1.95 bits per heavy atom. The Balaban J connectivity index is 1.80. The Labute approximate surface area is 121 Å². The smallest absolute Gasteiger partial charge is 0.306 e. The van der Waals surface area contributed by atoms with Gasteiger partial charge in [0, 0.05) is 13.1 Å². The molecule has 21 heavy (non-hydrogen) atoms. The molecule has 0 spiro atoms. The van der Waals surface area contributed by atoms with Gasteiger partial charge in [-0.15, -0.1) is 0 Å². The summed E-state index contributed by atoms with van der Waals surface area (Å²) in [5.74, 6) is -2.97. The zero-order valence-corrected chi connectivity index (χ0v) is 11.6. The number of hydrogen-bond acceptors (Lipinski definition) is 3. The SMILES string of the molecule is O=C(O)C1CCC(O)(CNCc2ccc(F)c(F)c2)CC1. The Bertz CT molecular complexity index is 514. The first kappa shape index (κ1) is 15.9. The van der Waals surface area contributed by atoms with Gasteiger partial charge in [0.15, 0.2) is 11.6 Å². The number of halogens is 2. The second-order valence-corrected chi connectivity index (χ2v) is 5.69. The van der Waals surface area contributed by atoms with Gasteiger partial charge in [-0.25, -0.2) is 8.78 Å². The molecule has 0 amide bonds. The molecule has 1 fully saturated rings. The zero-order chi connectivity index (χ0) is 15.5. The van der Waals surface area contributed by atoms with E-state index in [-0.39, 0.29) is 5.92 Å². The predicted octanol–water partition coefficient (Wildman–Crippen LogP) is 2.06. The number of carbonyl (C=O) groups is 1. The molecule has 0 atom stereocenters. The third kappa shape index (κ3) is 4.22. The minimum Gasteiger partial charge on any atom is -0.481 e. The number of aliphatic hydroxyl groups is 1. The summed E-state index contributed by atoms with van der Waals surface area (Å²) in [5, 5.41) is 22.3. The number of carboxylic acid groups (broad SMARTS) is 1. The Morgan fingerprint density at radius 1 is 1.29 bits per heavy atom. The maximum Gasteiger partial charge on any atom is 0.306 e. The lowest BCUT2D eigenvalue weighted by Gasteiger charge is -2.34. The van der Waals surface area contributed by atoms with E-state index < -0.39 is 23.2 Å². The van der Waals surface area contributed by atoms with E-state index in [1.54, 1.807) is 0 Å². The molecule has 3 N–H and O–H groups in total. The first-order chi connectivity index (χ1) is 9.89. The Hall–Kier alpha value is -1.53. The van der Waals surface area contributed by atoms with Gasteiger partial charge in [0.1, 0.15) is 0 Å². The summed E-state index contributed by atoms with van der Waals surface area (Å²) in [7, 11) is 0. The van der Waals surface area contributed by atoms with Crippen molar-refractivity contribution in [2.24, 2.45) is 5.92 Å². The molecule has 1 aliphatic rings. The quantitative estimate of drug-likeness (QED) is 0.778. The number of nitrogens with one attached hydrogen (secondary N) is 1. The molecular formula is C15H19F2NO3. The van der Waals surface area contributed by atoms with E-state index in [0.717, 1.165) is 12.1 Å². The Morgan fingerprint density at radius 3 is 2.52 bits per heavy atom. The molecule has 4 nitrogen and oxygen atoms in total. The molecule has 0 saturated heterocycles. The van der Waals surface area contributed by atoms with Gasteiger partial charge < -0.3 is 15.5 Å². The first-order valence-electron chi connectivity index (χ1n) is 6.99. The molecule has 1 saturated carbocycles. The van der Waals surface area contributed by atoms with Crippen molar-refractivity contribution in [2.45, 2.75) is 37.8 Å². The molecule has 0 bridgehead atoms. The molecule has 1 aromatic rings. The van der Waals surface area contributed by atoms with Crippen molar-refractivity contribution in [3.8, 4) is 0 Å². The van der Waals surface area contributed by atoms with Crippen molar-refractivity contribution in [2.75, 3.05) is 6.54 Å². The fourth-order valence-corrected chi connectivity index (χ4v) is 2.67. The molecule has 6 heteroatoms. The van der Waals surface area contributed by atoms with Crippen LogP contribution >= 0.6 is 0 Å². The highest BCUT2D eigenvalue weighted by molar-refractivity contribution is 5.70. The molecule has 0 unspecified atom stereocenters. The number of carboxylic acids is 1. The van der Waals surface area contributed by atoms with Crippen molar-refractivity contribution in [1.82, 2.24) is 5.32 Å². The van der Waals surface area contributed by atoms with E-state index in [0.29, 0.717) is 44.3 Å². The van der Waals surface area contributed by atoms with E-state index >= 15 is 0 Å². The molecular weight excluding hydrogens is 280 g/mol. The van der Waals surface area contributed by atoms with E-state index in [2.05, 4.69) is 5.32 Å². The van der Waals surface area contributed by atoms with Crippen molar-refractivity contribution >= 4 is 5.97 Å². The molecule has 0 radical (unpaired) electrons. The van der Waals surface area contributed by atoms with Crippen LogP contribution < -0.4 is 5.32 Å². The van der Waals surface area contributed by atoms with Crippen LogP contribution in [0, 0.1) is 17.6 Å². The largest absolute Gasteiger partial charge is 0.481 e. The van der Waals surface area contributed by atoms with Gasteiger partial charge in [-0.05, 0) is 43.4 Å². The Kier molecular flexibility index (Phi) is 4.90. The van der Waals surface area contributed by atoms with Crippen LogP contribution in [0.5, 0.6) is 0 Å². The second kappa shape index (κ2) is 6.49. The summed E-state index contributed by atoms with van der Waals surface area (Å²) in [6.07, 6.45) is 1.76. The number of hydrogen-bond donors (Lipinski definition) is 3. The van der Waals surface area contributed by atoms with Crippen LogP contribution in [0.2, 0.25) is 0 Å². The number of benzene rings is 1. The third-order valence-electron chi connectivity index (χ3n) is 4.03. The fourth-order valence-electron chi connectivity index (χ4n) is 2.67. The molecule has 0 aromatic heterocycles. The van der Waals surface area contributed by atoms with Gasteiger partial charge >= 0.3 is 5.97 Å². The van der Waals surface area contributed by atoms with Crippen LogP contribution in [0.1, 0.15) is 31.2 Å². The topological polar surface area (TPSA) is 69.6 Å². The molecule has 1 aliphatic carbocycles. The van der Waals surface area contributed by atoms with Crippen molar-refractivity contribution < 1.29 is 23.8 Å². The number of rotatable bonds is 5. The van der Waals surface area contributed by atoms with Gasteiger partial charge in [0.2, 0.25) is 0 Å². The predicted molar refractivity (Wildman–Crippen MR) is 72.6 cm³/mol. The van der Waals surface area contributed by atoms with Gasteiger partial charge in [-0.1, -0.05) is 6.07 Å². The van der Waals surface area contributed by atoms with Crippen LogP contribution in [0.4, 0.5) is 8.78 Å². The van der Waals surface area contributed by atoms with Crippen LogP contribution in [0.25, 0.3) is 0 Å². The van der Waals surface area contributed by atoms with Crippen LogP contribution in [0.15, 0.2) is 18.2 Å². The van der Waals surface area contributed by atoms with Crippen molar-refractivity contribution in [3.63, 3.8) is 0 Å². The van der Waals surface area contributed by atoms with Gasteiger partial charge in [-0.3, -0.25) is 4.79 Å². The van der Waals surface area contributed by atoms with Gasteiger partial charge in [-0.2, -0.15) is 0 Å². The highest BCUT2D eigenvalue weighted by atomic mass is 19.2. The number of aliphatic carboxylic acids is 1. The summed E-state index contributed by atoms with van der Waals surface area (Å²) in [4.78, 5) is 10.9. The third-order valence-corrected chi connectivity index (χ3v) is 4.03. The lowest BCUT2D eigenvalue weighted by Crippen LogP contribution is -2.44. The lowest BCUT2D eigenvalue weighted by atomic mass is 9.79. The molecule has 116 valence electrons.